The summed E-state index contributed by atoms with van der Waals surface area (Å²) in [5.41, 5.74) is 4.30. The predicted octanol–water partition coefficient (Wildman–Crippen LogP) is 5.15. The van der Waals surface area contributed by atoms with Gasteiger partial charge in [0.15, 0.2) is 11.6 Å². The Morgan fingerprint density at radius 2 is 1.62 bits per heavy atom. The fourth-order valence-electron chi connectivity index (χ4n) is 3.94. The molecule has 3 aromatic rings. The van der Waals surface area contributed by atoms with Gasteiger partial charge in [-0.05, 0) is 39.9 Å². The van der Waals surface area contributed by atoms with Crippen LogP contribution in [0.1, 0.15) is 22.6 Å². The first kappa shape index (κ1) is 21.8. The number of carboxylic acid groups (broad SMARTS) is 1. The molecule has 1 atom stereocenters. The van der Waals surface area contributed by atoms with E-state index in [9.17, 15) is 23.5 Å². The summed E-state index contributed by atoms with van der Waals surface area (Å²) in [6.45, 7) is 0.0171. The third-order valence-electron chi connectivity index (χ3n) is 5.42. The molecule has 0 bridgehead atoms. The molecule has 0 radical (unpaired) electrons. The minimum absolute atomic E-state index is 0.0171. The van der Waals surface area contributed by atoms with E-state index in [1.54, 1.807) is 0 Å². The summed E-state index contributed by atoms with van der Waals surface area (Å²) in [4.78, 5) is 24.0. The number of aliphatic carboxylic acids is 1. The summed E-state index contributed by atoms with van der Waals surface area (Å²) < 4.78 is 32.3. The number of carbonyl (C=O) groups excluding carboxylic acids is 1. The van der Waals surface area contributed by atoms with Crippen LogP contribution in [0.2, 0.25) is 5.02 Å². The van der Waals surface area contributed by atoms with Crippen molar-refractivity contribution in [2.75, 3.05) is 6.61 Å². The van der Waals surface area contributed by atoms with Crippen LogP contribution in [0.15, 0.2) is 60.7 Å². The number of halogens is 3. The van der Waals surface area contributed by atoms with Gasteiger partial charge in [-0.3, -0.25) is 0 Å². The quantitative estimate of drug-likeness (QED) is 0.502. The maximum Gasteiger partial charge on any atom is 0.407 e. The highest BCUT2D eigenvalue weighted by molar-refractivity contribution is 6.30. The minimum atomic E-state index is -1.41. The maximum atomic E-state index is 13.6. The van der Waals surface area contributed by atoms with Crippen LogP contribution < -0.4 is 5.32 Å². The van der Waals surface area contributed by atoms with Crippen molar-refractivity contribution in [2.24, 2.45) is 0 Å². The highest BCUT2D eigenvalue weighted by atomic mass is 35.5. The number of hydrogen-bond acceptors (Lipinski definition) is 3. The Labute approximate surface area is 187 Å². The Morgan fingerprint density at radius 3 is 2.19 bits per heavy atom. The molecule has 0 fully saturated rings. The molecule has 2 N–H and O–H groups in total. The number of nitrogens with one attached hydrogen (secondary N) is 1. The summed E-state index contributed by atoms with van der Waals surface area (Å²) in [6.07, 6.45) is -1.22. The van der Waals surface area contributed by atoms with Gasteiger partial charge < -0.3 is 15.2 Å². The second-order valence-corrected chi connectivity index (χ2v) is 7.85. The monoisotopic (exact) mass is 457 g/mol. The first-order valence-corrected chi connectivity index (χ1v) is 10.2. The summed E-state index contributed by atoms with van der Waals surface area (Å²) in [7, 11) is 0. The molecule has 0 aliphatic heterocycles. The fraction of sp³-hybridized carbons (Fsp3) is 0.167. The first-order chi connectivity index (χ1) is 15.3. The van der Waals surface area contributed by atoms with Gasteiger partial charge >= 0.3 is 12.1 Å². The fourth-order valence-corrected chi connectivity index (χ4v) is 4.17. The summed E-state index contributed by atoms with van der Waals surface area (Å²) in [5, 5.41) is 11.2. The molecule has 0 heterocycles. The topological polar surface area (TPSA) is 75.6 Å². The molecule has 0 saturated carbocycles. The van der Waals surface area contributed by atoms with Crippen LogP contribution in [-0.2, 0) is 16.0 Å². The van der Waals surface area contributed by atoms with Gasteiger partial charge in [0, 0.05) is 12.3 Å². The minimum Gasteiger partial charge on any atom is -0.480 e. The largest absolute Gasteiger partial charge is 0.480 e. The lowest BCUT2D eigenvalue weighted by atomic mass is 9.98. The molecule has 5 nitrogen and oxygen atoms in total. The molecule has 1 aliphatic rings. The lowest BCUT2D eigenvalue weighted by Crippen LogP contribution is -2.43. The van der Waals surface area contributed by atoms with Gasteiger partial charge in [0.2, 0.25) is 0 Å². The number of amides is 1. The summed E-state index contributed by atoms with van der Waals surface area (Å²) in [6, 6.07) is 16.2. The average Bonchev–Trinajstić information content (AvgIpc) is 3.09. The van der Waals surface area contributed by atoms with Crippen molar-refractivity contribution in [1.29, 1.82) is 0 Å². The number of carboxylic acids is 1. The van der Waals surface area contributed by atoms with Crippen LogP contribution in [-0.4, -0.2) is 29.8 Å². The molecule has 1 unspecified atom stereocenters. The second kappa shape index (κ2) is 8.96. The molecule has 0 spiro atoms. The molecule has 4 rings (SSSR count). The third kappa shape index (κ3) is 4.29. The van der Waals surface area contributed by atoms with Gasteiger partial charge in [-0.2, -0.15) is 0 Å². The van der Waals surface area contributed by atoms with Crippen molar-refractivity contribution in [1.82, 2.24) is 5.32 Å². The zero-order valence-corrected chi connectivity index (χ0v) is 17.4. The van der Waals surface area contributed by atoms with Gasteiger partial charge in [-0.1, -0.05) is 60.1 Å². The number of ether oxygens (including phenoxy) is 1. The van der Waals surface area contributed by atoms with E-state index >= 15 is 0 Å². The van der Waals surface area contributed by atoms with Gasteiger partial charge in [0.25, 0.3) is 0 Å². The van der Waals surface area contributed by atoms with Gasteiger partial charge in [-0.15, -0.1) is 0 Å². The molecule has 0 aromatic heterocycles. The van der Waals surface area contributed by atoms with Crippen LogP contribution in [0.5, 0.6) is 0 Å². The lowest BCUT2D eigenvalue weighted by Gasteiger charge is -2.18. The van der Waals surface area contributed by atoms with Crippen LogP contribution in [0.3, 0.4) is 0 Å². The molecule has 164 valence electrons. The first-order valence-electron chi connectivity index (χ1n) is 9.83. The molecule has 8 heteroatoms. The third-order valence-corrected chi connectivity index (χ3v) is 5.69. The van der Waals surface area contributed by atoms with E-state index in [0.29, 0.717) is 0 Å². The number of alkyl carbamates (subject to hydrolysis) is 1. The molecule has 0 saturated heterocycles. The number of benzene rings is 3. The van der Waals surface area contributed by atoms with Crippen molar-refractivity contribution in [3.63, 3.8) is 0 Å². The molecular weight excluding hydrogens is 440 g/mol. The lowest BCUT2D eigenvalue weighted by molar-refractivity contribution is -0.139. The van der Waals surface area contributed by atoms with E-state index in [-0.39, 0.29) is 24.5 Å². The zero-order valence-electron chi connectivity index (χ0n) is 16.6. The number of rotatable bonds is 6. The summed E-state index contributed by atoms with van der Waals surface area (Å²) in [5.74, 6) is -3.94. The van der Waals surface area contributed by atoms with Crippen molar-refractivity contribution < 1.29 is 28.2 Å². The van der Waals surface area contributed by atoms with Crippen molar-refractivity contribution in [3.05, 3.63) is 94.0 Å². The Bertz CT molecular complexity index is 1130. The molecule has 1 aliphatic carbocycles. The highest BCUT2D eigenvalue weighted by Gasteiger charge is 2.30. The Hall–Kier alpha value is -3.45. The standard InChI is InChI=1S/C24H18ClF2NO4/c25-19-9-13(10-20(26)22(19)27)11-21(23(29)30)28-24(31)32-12-18-16-7-3-1-5-14(16)15-6-2-4-8-17(15)18/h1-10,18,21H,11-12H2,(H,28,31)(H,29,30). The van der Waals surface area contributed by atoms with E-state index in [0.717, 1.165) is 34.4 Å². The van der Waals surface area contributed by atoms with Crippen molar-refractivity contribution >= 4 is 23.7 Å². The molecule has 1 amide bonds. The second-order valence-electron chi connectivity index (χ2n) is 7.44. The predicted molar refractivity (Wildman–Crippen MR) is 115 cm³/mol. The smallest absolute Gasteiger partial charge is 0.407 e. The van der Waals surface area contributed by atoms with Gasteiger partial charge in [0.1, 0.15) is 12.6 Å². The Balaban J connectivity index is 1.44. The van der Waals surface area contributed by atoms with E-state index in [1.165, 1.54) is 0 Å². The number of hydrogen-bond donors (Lipinski definition) is 2. The van der Waals surface area contributed by atoms with Gasteiger partial charge in [-0.25, -0.2) is 18.4 Å². The Morgan fingerprint density at radius 1 is 1.03 bits per heavy atom. The molecule has 3 aromatic carbocycles. The summed E-state index contributed by atoms with van der Waals surface area (Å²) >= 11 is 5.62. The molecule has 32 heavy (non-hydrogen) atoms. The average molecular weight is 458 g/mol. The van der Waals surface area contributed by atoms with Gasteiger partial charge in [0.05, 0.1) is 5.02 Å². The highest BCUT2D eigenvalue weighted by Crippen LogP contribution is 2.44. The SMILES string of the molecule is O=C(NC(Cc1cc(F)c(F)c(Cl)c1)C(=O)O)OCC1c2ccccc2-c2ccccc21. The molecular formula is C24H18ClF2NO4. The normalized spacial score (nSPS) is 13.2. The maximum absolute atomic E-state index is 13.6. The van der Waals surface area contributed by atoms with Crippen LogP contribution in [0, 0.1) is 11.6 Å². The number of fused-ring (bicyclic) bond motifs is 3. The Kier molecular flexibility index (Phi) is 6.10. The van der Waals surface area contributed by atoms with E-state index in [2.05, 4.69) is 5.32 Å². The van der Waals surface area contributed by atoms with Crippen LogP contribution >= 0.6 is 11.6 Å². The van der Waals surface area contributed by atoms with E-state index < -0.39 is 34.8 Å². The van der Waals surface area contributed by atoms with E-state index in [4.69, 9.17) is 16.3 Å². The van der Waals surface area contributed by atoms with E-state index in [1.807, 2.05) is 48.5 Å². The van der Waals surface area contributed by atoms with Crippen LogP contribution in [0.25, 0.3) is 11.1 Å². The number of carbonyl (C=O) groups is 2. The van der Waals surface area contributed by atoms with Crippen molar-refractivity contribution in [2.45, 2.75) is 18.4 Å². The van der Waals surface area contributed by atoms with Crippen LogP contribution in [0.4, 0.5) is 13.6 Å². The zero-order chi connectivity index (χ0) is 22.8. The van der Waals surface area contributed by atoms with Crippen molar-refractivity contribution in [3.8, 4) is 11.1 Å².